The van der Waals surface area contributed by atoms with Crippen LogP contribution in [0, 0.1) is 12.7 Å². The molecule has 1 N–H and O–H groups in total. The third-order valence-corrected chi connectivity index (χ3v) is 6.88. The Labute approximate surface area is 235 Å². The van der Waals surface area contributed by atoms with Crippen LogP contribution >= 0.6 is 11.6 Å². The molecule has 0 bridgehead atoms. The second-order valence-electron chi connectivity index (χ2n) is 9.58. The summed E-state index contributed by atoms with van der Waals surface area (Å²) < 4.78 is 19.0. The molecule has 40 heavy (non-hydrogen) atoms. The Kier molecular flexibility index (Phi) is 8.47. The van der Waals surface area contributed by atoms with Gasteiger partial charge in [0.25, 0.3) is 5.91 Å². The Morgan fingerprint density at radius 3 is 2.50 bits per heavy atom. The van der Waals surface area contributed by atoms with Crippen molar-refractivity contribution in [2.24, 2.45) is 0 Å². The average Bonchev–Trinajstić information content (AvgIpc) is 3.65. The van der Waals surface area contributed by atoms with Gasteiger partial charge in [-0.15, -0.1) is 10.2 Å². The van der Waals surface area contributed by atoms with Crippen molar-refractivity contribution < 1.29 is 18.7 Å². The number of halogens is 2. The second kappa shape index (κ2) is 12.4. The van der Waals surface area contributed by atoms with Crippen LogP contribution in [0.25, 0.3) is 11.4 Å². The minimum atomic E-state index is -0.990. The van der Waals surface area contributed by atoms with Gasteiger partial charge in [-0.2, -0.15) is 4.80 Å². The highest BCUT2D eigenvalue weighted by molar-refractivity contribution is 6.30. The number of rotatable bonds is 9. The Morgan fingerprint density at radius 2 is 1.82 bits per heavy atom. The van der Waals surface area contributed by atoms with Crippen molar-refractivity contribution in [3.05, 3.63) is 94.8 Å². The lowest BCUT2D eigenvalue weighted by atomic mass is 10.0. The largest absolute Gasteiger partial charge is 0.376 e. The van der Waals surface area contributed by atoms with Gasteiger partial charge < -0.3 is 10.1 Å². The number of carbonyl (C=O) groups excluding carboxylic acids is 2. The maximum Gasteiger partial charge on any atom is 0.251 e. The lowest BCUT2D eigenvalue weighted by Gasteiger charge is -2.31. The Morgan fingerprint density at radius 1 is 1.10 bits per heavy atom. The van der Waals surface area contributed by atoms with Gasteiger partial charge in [0.15, 0.2) is 0 Å². The lowest BCUT2D eigenvalue weighted by molar-refractivity contribution is -0.127. The number of ether oxygens (including phenoxy) is 1. The highest BCUT2D eigenvalue weighted by Crippen LogP contribution is 2.30. The molecule has 0 spiro atoms. The molecular formula is C29H28ClFN6O3. The fourth-order valence-electron chi connectivity index (χ4n) is 4.54. The van der Waals surface area contributed by atoms with Crippen molar-refractivity contribution in [2.45, 2.75) is 38.5 Å². The monoisotopic (exact) mass is 562 g/mol. The van der Waals surface area contributed by atoms with Crippen molar-refractivity contribution >= 4 is 29.1 Å². The minimum absolute atomic E-state index is 0.0634. The van der Waals surface area contributed by atoms with Crippen LogP contribution in [-0.2, 0) is 20.9 Å². The smallest absolute Gasteiger partial charge is 0.251 e. The second-order valence-corrected chi connectivity index (χ2v) is 10.0. The van der Waals surface area contributed by atoms with Crippen LogP contribution in [0.2, 0.25) is 5.02 Å². The Balaban J connectivity index is 1.47. The van der Waals surface area contributed by atoms with Gasteiger partial charge in [-0.3, -0.25) is 14.5 Å². The molecule has 0 aliphatic carbocycles. The third kappa shape index (κ3) is 6.52. The van der Waals surface area contributed by atoms with Gasteiger partial charge in [0.05, 0.1) is 6.10 Å². The van der Waals surface area contributed by atoms with Gasteiger partial charge in [0.1, 0.15) is 18.4 Å². The predicted molar refractivity (Wildman–Crippen MR) is 148 cm³/mol. The first kappa shape index (κ1) is 27.4. The van der Waals surface area contributed by atoms with Crippen LogP contribution in [0.15, 0.2) is 72.8 Å². The van der Waals surface area contributed by atoms with Crippen molar-refractivity contribution in [1.82, 2.24) is 25.5 Å². The van der Waals surface area contributed by atoms with Crippen LogP contribution in [0.5, 0.6) is 0 Å². The van der Waals surface area contributed by atoms with Crippen molar-refractivity contribution in [3.63, 3.8) is 0 Å². The lowest BCUT2D eigenvalue weighted by Crippen LogP contribution is -2.46. The number of aryl methyl sites for hydroxylation is 1. The number of nitrogens with zero attached hydrogens (tertiary/aromatic N) is 5. The van der Waals surface area contributed by atoms with E-state index >= 15 is 0 Å². The number of aromatic nitrogens is 4. The molecule has 206 valence electrons. The van der Waals surface area contributed by atoms with Gasteiger partial charge in [-0.05, 0) is 79.1 Å². The number of anilines is 1. The SMILES string of the molecule is Cc1ccc([C@@H](C(=O)NC[C@H]2CCCO2)N(C(=O)Cn2nnc(-c3ccc(F)cc3)n2)c2ccc(Cl)cc2)cc1. The van der Waals surface area contributed by atoms with Gasteiger partial charge in [0.2, 0.25) is 11.7 Å². The van der Waals surface area contributed by atoms with Crippen LogP contribution in [0.1, 0.15) is 30.0 Å². The Bertz CT molecular complexity index is 1450. The van der Waals surface area contributed by atoms with E-state index in [2.05, 4.69) is 20.7 Å². The highest BCUT2D eigenvalue weighted by Gasteiger charge is 2.34. The number of amides is 2. The molecule has 11 heteroatoms. The first-order valence-corrected chi connectivity index (χ1v) is 13.3. The van der Waals surface area contributed by atoms with Crippen molar-refractivity contribution in [2.75, 3.05) is 18.1 Å². The summed E-state index contributed by atoms with van der Waals surface area (Å²) in [5.74, 6) is -0.926. The zero-order valence-electron chi connectivity index (χ0n) is 21.8. The van der Waals surface area contributed by atoms with Gasteiger partial charge in [-0.1, -0.05) is 41.4 Å². The summed E-state index contributed by atoms with van der Waals surface area (Å²) >= 11 is 6.14. The van der Waals surface area contributed by atoms with Crippen LogP contribution < -0.4 is 10.2 Å². The molecule has 0 saturated carbocycles. The first-order chi connectivity index (χ1) is 19.4. The molecule has 9 nitrogen and oxygen atoms in total. The van der Waals surface area contributed by atoms with Gasteiger partial charge in [-0.25, -0.2) is 4.39 Å². The van der Waals surface area contributed by atoms with Crippen LogP contribution in [0.4, 0.5) is 10.1 Å². The van der Waals surface area contributed by atoms with Gasteiger partial charge >= 0.3 is 0 Å². The van der Waals surface area contributed by atoms with Crippen LogP contribution in [-0.4, -0.2) is 51.3 Å². The summed E-state index contributed by atoms with van der Waals surface area (Å²) in [6.07, 6.45) is 1.75. The summed E-state index contributed by atoms with van der Waals surface area (Å²) in [5, 5.41) is 15.8. The highest BCUT2D eigenvalue weighted by atomic mass is 35.5. The molecule has 5 rings (SSSR count). The van der Waals surface area contributed by atoms with E-state index < -0.39 is 11.9 Å². The molecule has 1 aliphatic heterocycles. The molecule has 2 atom stereocenters. The summed E-state index contributed by atoms with van der Waals surface area (Å²) in [6.45, 7) is 2.67. The topological polar surface area (TPSA) is 102 Å². The molecule has 1 saturated heterocycles. The van der Waals surface area contributed by atoms with E-state index in [1.54, 1.807) is 24.3 Å². The fraction of sp³-hybridized carbons (Fsp3) is 0.276. The Hall–Kier alpha value is -4.15. The summed E-state index contributed by atoms with van der Waals surface area (Å²) in [7, 11) is 0. The minimum Gasteiger partial charge on any atom is -0.376 e. The number of carbonyl (C=O) groups is 2. The zero-order valence-corrected chi connectivity index (χ0v) is 22.6. The maximum atomic E-state index is 13.9. The predicted octanol–water partition coefficient (Wildman–Crippen LogP) is 4.51. The van der Waals surface area contributed by atoms with E-state index in [0.29, 0.717) is 35.0 Å². The third-order valence-electron chi connectivity index (χ3n) is 6.63. The zero-order chi connectivity index (χ0) is 28.1. The summed E-state index contributed by atoms with van der Waals surface area (Å²) in [4.78, 5) is 30.3. The van der Waals surface area contributed by atoms with E-state index in [4.69, 9.17) is 16.3 Å². The quantitative estimate of drug-likeness (QED) is 0.322. The molecule has 1 fully saturated rings. The molecule has 1 aromatic heterocycles. The number of hydrogen-bond donors (Lipinski definition) is 1. The van der Waals surface area contributed by atoms with Crippen molar-refractivity contribution in [1.29, 1.82) is 0 Å². The van der Waals surface area contributed by atoms with E-state index in [1.807, 2.05) is 31.2 Å². The molecule has 2 amide bonds. The molecule has 0 radical (unpaired) electrons. The van der Waals surface area contributed by atoms with Crippen molar-refractivity contribution in [3.8, 4) is 11.4 Å². The molecule has 4 aromatic rings. The standard InChI is InChI=1S/C29H28ClFN6O3/c1-19-4-6-20(7-5-19)27(29(39)32-17-25-3-2-16-40-25)37(24-14-10-22(30)11-15-24)26(38)18-36-34-28(33-35-36)21-8-12-23(31)13-9-21/h4-15,25,27H,2-3,16-18H2,1H3,(H,32,39)/t25-,27+/m1/s1. The first-order valence-electron chi connectivity index (χ1n) is 12.9. The maximum absolute atomic E-state index is 13.9. The normalized spacial score (nSPS) is 15.5. The van der Waals surface area contributed by atoms with Crippen LogP contribution in [0.3, 0.4) is 0 Å². The average molecular weight is 563 g/mol. The van der Waals surface area contributed by atoms with E-state index in [1.165, 1.54) is 29.2 Å². The summed E-state index contributed by atoms with van der Waals surface area (Å²) in [5.41, 5.74) is 2.69. The van der Waals surface area contributed by atoms with Gasteiger partial charge in [0, 0.05) is 29.4 Å². The molecular weight excluding hydrogens is 535 g/mol. The number of benzene rings is 3. The summed E-state index contributed by atoms with van der Waals surface area (Å²) in [6, 6.07) is 18.8. The van der Waals surface area contributed by atoms with E-state index in [-0.39, 0.29) is 30.2 Å². The van der Waals surface area contributed by atoms with E-state index in [0.717, 1.165) is 23.2 Å². The molecule has 1 aliphatic rings. The van der Waals surface area contributed by atoms with E-state index in [9.17, 15) is 14.0 Å². The molecule has 3 aromatic carbocycles. The number of tetrazole rings is 1. The molecule has 2 heterocycles. The number of nitrogens with one attached hydrogen (secondary N) is 1. The fourth-order valence-corrected chi connectivity index (χ4v) is 4.67. The number of hydrogen-bond acceptors (Lipinski definition) is 6. The molecule has 0 unspecified atom stereocenters.